The number of alkyl halides is 3. The van der Waals surface area contributed by atoms with Crippen LogP contribution in [-0.2, 0) is 31.9 Å². The number of piperazine rings is 1. The number of carboxylic acid groups (broad SMARTS) is 4. The zero-order valence-corrected chi connectivity index (χ0v) is 28.0. The van der Waals surface area contributed by atoms with Crippen molar-refractivity contribution >= 4 is 58.0 Å². The Hall–Kier alpha value is -4.54. The Morgan fingerprint density at radius 2 is 1.27 bits per heavy atom. The van der Waals surface area contributed by atoms with Gasteiger partial charge in [-0.25, -0.2) is 19.2 Å². The van der Waals surface area contributed by atoms with Crippen LogP contribution in [0.1, 0.15) is 11.3 Å². The van der Waals surface area contributed by atoms with E-state index >= 15 is 0 Å². The van der Waals surface area contributed by atoms with Crippen LogP contribution in [0.3, 0.4) is 0 Å². The molecule has 9 N–H and O–H groups in total. The topological polar surface area (TPSA) is 287 Å². The number of hydrogen-bond donors (Lipinski definition) is 9. The van der Waals surface area contributed by atoms with Gasteiger partial charge in [0.1, 0.15) is 11.3 Å². The van der Waals surface area contributed by atoms with E-state index in [-0.39, 0.29) is 44.4 Å². The first-order chi connectivity index (χ1) is 24.0. The van der Waals surface area contributed by atoms with Crippen LogP contribution in [-0.4, -0.2) is 137 Å². The van der Waals surface area contributed by atoms with E-state index in [1.807, 2.05) is 11.9 Å². The first kappa shape index (κ1) is 43.6. The van der Waals surface area contributed by atoms with Gasteiger partial charge in [-0.3, -0.25) is 9.69 Å². The second-order valence-electron chi connectivity index (χ2n) is 10.9. The molecule has 3 aromatic rings. The summed E-state index contributed by atoms with van der Waals surface area (Å²) in [6, 6.07) is 6.42. The van der Waals surface area contributed by atoms with Crippen molar-refractivity contribution in [3.63, 3.8) is 0 Å². The lowest BCUT2D eigenvalue weighted by atomic mass is 10.00. The fourth-order valence-corrected chi connectivity index (χ4v) is 4.87. The third-order valence-electron chi connectivity index (χ3n) is 7.18. The Balaban J connectivity index is 0.000000385. The monoisotopic (exact) mass is 786 g/mol. The highest BCUT2D eigenvalue weighted by Gasteiger charge is 2.40. The summed E-state index contributed by atoms with van der Waals surface area (Å²) >= 11 is 12.0. The molecule has 2 heterocycles. The van der Waals surface area contributed by atoms with E-state index in [0.29, 0.717) is 13.1 Å². The van der Waals surface area contributed by atoms with Crippen molar-refractivity contribution in [3.8, 4) is 16.9 Å². The van der Waals surface area contributed by atoms with Crippen LogP contribution in [0.4, 0.5) is 13.2 Å². The minimum Gasteiger partial charge on any atom is -0.507 e. The van der Waals surface area contributed by atoms with Gasteiger partial charge in [0.25, 0.3) is 0 Å². The summed E-state index contributed by atoms with van der Waals surface area (Å²) in [5.74, 6) is -8.77. The average Bonchev–Trinajstić information content (AvgIpc) is 3.05. The summed E-state index contributed by atoms with van der Waals surface area (Å²) in [5, 5.41) is 75.5. The van der Waals surface area contributed by atoms with Crippen LogP contribution in [0.5, 0.6) is 5.75 Å². The maximum absolute atomic E-state index is 14.0. The maximum atomic E-state index is 14.0. The van der Waals surface area contributed by atoms with Gasteiger partial charge in [-0.1, -0.05) is 29.3 Å². The predicted molar refractivity (Wildman–Crippen MR) is 172 cm³/mol. The molecular formula is C30H31Cl2F3N2O15. The number of hydrogen-bond acceptors (Lipinski definition) is 13. The molecule has 1 aliphatic heterocycles. The summed E-state index contributed by atoms with van der Waals surface area (Å²) in [5.41, 5.74) is -1.85. The second-order valence-corrected chi connectivity index (χ2v) is 11.8. The summed E-state index contributed by atoms with van der Waals surface area (Å²) in [6.07, 6.45) is -14.0. The van der Waals surface area contributed by atoms with Crippen LogP contribution in [0.2, 0.25) is 10.0 Å². The number of phenols is 1. The second kappa shape index (κ2) is 18.3. The first-order valence-electron chi connectivity index (χ1n) is 14.4. The number of nitrogens with zero attached hydrogens (tertiary/aromatic N) is 2. The maximum Gasteiger partial charge on any atom is 0.450 e. The molecule has 52 heavy (non-hydrogen) atoms. The van der Waals surface area contributed by atoms with Crippen molar-refractivity contribution in [3.05, 3.63) is 61.9 Å². The Bertz CT molecular complexity index is 1780. The van der Waals surface area contributed by atoms with Crippen LogP contribution in [0.15, 0.2) is 39.5 Å². The third kappa shape index (κ3) is 11.2. The van der Waals surface area contributed by atoms with Gasteiger partial charge < -0.3 is 55.3 Å². The summed E-state index contributed by atoms with van der Waals surface area (Å²) < 4.78 is 47.4. The minimum atomic E-state index is -4.97. The van der Waals surface area contributed by atoms with Crippen molar-refractivity contribution in [2.24, 2.45) is 0 Å². The molecule has 1 aromatic heterocycles. The number of aliphatic hydroxyl groups excluding tert-OH is 4. The van der Waals surface area contributed by atoms with Crippen molar-refractivity contribution in [2.75, 3.05) is 33.2 Å². The van der Waals surface area contributed by atoms with Crippen LogP contribution in [0.25, 0.3) is 22.1 Å². The standard InChI is InChI=1S/C22H19Cl2F3N2O3.2C4H6O6/c1-28-6-8-29(9-7-28)11-15-17(30)5-4-14-19(31)18(13-3-2-12(23)10-16(13)24)21(22(25,26)27)32-20(14)15;2*5-1(3(7)8)2(6)4(9)10/h2-5,10,30H,6-9,11H2,1H3;2*1-2,5-6H,(H,7,8)(H,9,10)/t;1-,2-;/m.1./s1. The molecule has 0 spiro atoms. The SMILES string of the molecule is CN1CCN(Cc2c(O)ccc3c(=O)c(-c4ccc(Cl)cc4Cl)c(C(F)(F)F)oc23)CC1.O=C(O)C(O)C(O)C(=O)O.O=C(O)[C@H](O)[C@@H](O)C(=O)O. The molecule has 0 bridgehead atoms. The number of rotatable bonds is 9. The lowest BCUT2D eigenvalue weighted by Gasteiger charge is -2.32. The Labute approximate surface area is 299 Å². The largest absolute Gasteiger partial charge is 0.507 e. The predicted octanol–water partition coefficient (Wildman–Crippen LogP) is 0.993. The molecule has 1 fully saturated rings. The van der Waals surface area contributed by atoms with Gasteiger partial charge in [0.05, 0.1) is 21.5 Å². The molecule has 1 aliphatic rings. The smallest absolute Gasteiger partial charge is 0.450 e. The van der Waals surface area contributed by atoms with Gasteiger partial charge in [0.2, 0.25) is 11.2 Å². The van der Waals surface area contributed by atoms with Gasteiger partial charge >= 0.3 is 30.1 Å². The highest BCUT2D eigenvalue weighted by molar-refractivity contribution is 6.36. The fraction of sp³-hybridized carbons (Fsp3) is 0.367. The highest BCUT2D eigenvalue weighted by atomic mass is 35.5. The molecule has 17 nitrogen and oxygen atoms in total. The normalized spacial score (nSPS) is 16.0. The zero-order chi connectivity index (χ0) is 39.8. The van der Waals surface area contributed by atoms with Crippen LogP contribution in [0, 0.1) is 0 Å². The lowest BCUT2D eigenvalue weighted by molar-refractivity contribution is -0.165. The number of halogens is 5. The van der Waals surface area contributed by atoms with Gasteiger partial charge in [0.15, 0.2) is 24.4 Å². The summed E-state index contributed by atoms with van der Waals surface area (Å²) in [7, 11) is 1.98. The lowest BCUT2D eigenvalue weighted by Crippen LogP contribution is -2.43. The van der Waals surface area contributed by atoms with E-state index in [1.165, 1.54) is 30.3 Å². The van der Waals surface area contributed by atoms with Crippen molar-refractivity contribution in [1.29, 1.82) is 0 Å². The molecule has 2 aromatic carbocycles. The van der Waals surface area contributed by atoms with Gasteiger partial charge in [0, 0.05) is 43.3 Å². The van der Waals surface area contributed by atoms with E-state index in [4.69, 9.17) is 68.5 Å². The van der Waals surface area contributed by atoms with Crippen molar-refractivity contribution < 1.29 is 82.7 Å². The molecule has 1 saturated heterocycles. The minimum absolute atomic E-state index is 0.0686. The number of fused-ring (bicyclic) bond motifs is 1. The number of carbonyl (C=O) groups is 4. The number of carboxylic acids is 4. The van der Waals surface area contributed by atoms with Crippen molar-refractivity contribution in [1.82, 2.24) is 9.80 Å². The first-order valence-corrected chi connectivity index (χ1v) is 15.1. The Morgan fingerprint density at radius 1 is 0.808 bits per heavy atom. The Kier molecular flexibility index (Phi) is 15.3. The van der Waals surface area contributed by atoms with E-state index in [1.54, 1.807) is 0 Å². The van der Waals surface area contributed by atoms with E-state index in [0.717, 1.165) is 13.1 Å². The van der Waals surface area contributed by atoms with Gasteiger partial charge in [-0.15, -0.1) is 0 Å². The molecule has 4 atom stereocenters. The molecule has 0 radical (unpaired) electrons. The quantitative estimate of drug-likeness (QED) is 0.146. The number of phenolic OH excluding ortho intramolecular Hbond substituents is 1. The molecular weight excluding hydrogens is 756 g/mol. The molecule has 0 saturated carbocycles. The number of aliphatic carboxylic acids is 4. The average molecular weight is 787 g/mol. The zero-order valence-electron chi connectivity index (χ0n) is 26.5. The van der Waals surface area contributed by atoms with E-state index < -0.39 is 71.2 Å². The molecule has 0 amide bonds. The summed E-state index contributed by atoms with van der Waals surface area (Å²) in [4.78, 5) is 56.5. The van der Waals surface area contributed by atoms with Gasteiger partial charge in [-0.2, -0.15) is 13.2 Å². The molecule has 2 unspecified atom stereocenters. The molecule has 4 rings (SSSR count). The summed E-state index contributed by atoms with van der Waals surface area (Å²) in [6.45, 7) is 3.05. The van der Waals surface area contributed by atoms with Gasteiger partial charge in [-0.05, 0) is 31.3 Å². The number of likely N-dealkylation sites (N-methyl/N-ethyl adjacent to an activating group) is 1. The molecule has 22 heteroatoms. The number of aromatic hydroxyl groups is 1. The number of benzene rings is 2. The van der Waals surface area contributed by atoms with Crippen molar-refractivity contribution in [2.45, 2.75) is 37.1 Å². The van der Waals surface area contributed by atoms with E-state index in [2.05, 4.69) is 4.90 Å². The molecule has 286 valence electrons. The van der Waals surface area contributed by atoms with E-state index in [9.17, 15) is 42.3 Å². The molecule has 0 aliphatic carbocycles. The van der Waals surface area contributed by atoms with Crippen LogP contribution >= 0.6 is 23.2 Å². The fourth-order valence-electron chi connectivity index (χ4n) is 4.36. The van der Waals surface area contributed by atoms with Crippen LogP contribution < -0.4 is 5.43 Å². The Morgan fingerprint density at radius 3 is 1.67 bits per heavy atom. The third-order valence-corrected chi connectivity index (χ3v) is 7.73. The number of aliphatic hydroxyl groups is 4. The highest BCUT2D eigenvalue weighted by Crippen LogP contribution is 2.41.